The third-order valence-corrected chi connectivity index (χ3v) is 3.40. The van der Waals surface area contributed by atoms with Crippen LogP contribution < -0.4 is 0 Å². The topological polar surface area (TPSA) is 82.1 Å². The number of nitrogens with zero attached hydrogens (tertiary/aromatic N) is 3. The summed E-state index contributed by atoms with van der Waals surface area (Å²) in [6.07, 6.45) is 5.98. The minimum absolute atomic E-state index is 0.159. The number of pyridine rings is 1. The Kier molecular flexibility index (Phi) is 2.91. The van der Waals surface area contributed by atoms with Crippen molar-refractivity contribution in [1.82, 2.24) is 19.9 Å². The fraction of sp³-hybridized carbons (Fsp3) is 0.308. The molecule has 1 aliphatic rings. The van der Waals surface area contributed by atoms with Gasteiger partial charge in [0.25, 0.3) is 0 Å². The normalized spacial score (nSPS) is 18.7. The van der Waals surface area contributed by atoms with E-state index in [-0.39, 0.29) is 6.04 Å². The molecule has 0 aliphatic carbocycles. The number of aromatic amines is 1. The summed E-state index contributed by atoms with van der Waals surface area (Å²) in [6.45, 7) is 0.575. The van der Waals surface area contributed by atoms with E-state index in [4.69, 9.17) is 5.11 Å². The van der Waals surface area contributed by atoms with Gasteiger partial charge in [-0.2, -0.15) is 0 Å². The maximum absolute atomic E-state index is 11.1. The molecule has 2 N–H and O–H groups in total. The van der Waals surface area contributed by atoms with Crippen molar-refractivity contribution in [2.24, 2.45) is 0 Å². The van der Waals surface area contributed by atoms with Gasteiger partial charge in [0, 0.05) is 24.5 Å². The van der Waals surface area contributed by atoms with Gasteiger partial charge in [0.1, 0.15) is 5.82 Å². The van der Waals surface area contributed by atoms with E-state index < -0.39 is 6.09 Å². The number of imidazole rings is 1. The number of hydrogen-bond donors (Lipinski definition) is 2. The van der Waals surface area contributed by atoms with E-state index >= 15 is 0 Å². The number of likely N-dealkylation sites (tertiary alicyclic amines) is 1. The molecule has 19 heavy (non-hydrogen) atoms. The molecule has 0 radical (unpaired) electrons. The predicted octanol–water partition coefficient (Wildman–Crippen LogP) is 2.29. The first kappa shape index (κ1) is 11.7. The number of hydrogen-bond acceptors (Lipinski definition) is 3. The standard InChI is InChI=1S/C13H14N4O2/c18-13(19)17-7-1-2-11(17)12-15-8-10(16-12)9-3-5-14-6-4-9/h3-6,8,11H,1-2,7H2,(H,15,16)(H,18,19)/t11-/m0/s1. The molecule has 1 amide bonds. The van der Waals surface area contributed by atoms with Crippen molar-refractivity contribution in [3.8, 4) is 11.3 Å². The molecule has 3 rings (SSSR count). The fourth-order valence-electron chi connectivity index (χ4n) is 2.46. The zero-order chi connectivity index (χ0) is 13.2. The van der Waals surface area contributed by atoms with Crippen LogP contribution in [0.2, 0.25) is 0 Å². The van der Waals surface area contributed by atoms with Crippen molar-refractivity contribution in [2.75, 3.05) is 6.54 Å². The van der Waals surface area contributed by atoms with E-state index in [1.807, 2.05) is 12.1 Å². The number of aromatic nitrogens is 3. The largest absolute Gasteiger partial charge is 0.465 e. The second kappa shape index (κ2) is 4.72. The molecule has 98 valence electrons. The summed E-state index contributed by atoms with van der Waals surface area (Å²) in [5, 5.41) is 9.14. The number of rotatable bonds is 2. The van der Waals surface area contributed by atoms with Gasteiger partial charge in [-0.15, -0.1) is 0 Å². The summed E-state index contributed by atoms with van der Waals surface area (Å²) >= 11 is 0. The highest BCUT2D eigenvalue weighted by Gasteiger charge is 2.31. The average Bonchev–Trinajstić information content (AvgIpc) is 3.08. The number of H-pyrrole nitrogens is 1. The Balaban J connectivity index is 1.87. The van der Waals surface area contributed by atoms with Gasteiger partial charge < -0.3 is 10.1 Å². The van der Waals surface area contributed by atoms with Gasteiger partial charge in [-0.25, -0.2) is 9.78 Å². The van der Waals surface area contributed by atoms with Crippen molar-refractivity contribution in [1.29, 1.82) is 0 Å². The van der Waals surface area contributed by atoms with E-state index in [1.165, 1.54) is 4.90 Å². The lowest BCUT2D eigenvalue weighted by molar-refractivity contribution is 0.139. The molecule has 0 aromatic carbocycles. The van der Waals surface area contributed by atoms with Crippen LogP contribution >= 0.6 is 0 Å². The molecule has 1 fully saturated rings. The number of nitrogens with one attached hydrogen (secondary N) is 1. The summed E-state index contributed by atoms with van der Waals surface area (Å²) in [4.78, 5) is 24.1. The van der Waals surface area contributed by atoms with E-state index in [9.17, 15) is 4.79 Å². The molecule has 6 heteroatoms. The van der Waals surface area contributed by atoms with Crippen LogP contribution in [0.15, 0.2) is 30.7 Å². The van der Waals surface area contributed by atoms with Crippen LogP contribution in [0.1, 0.15) is 24.7 Å². The summed E-state index contributed by atoms with van der Waals surface area (Å²) in [5.74, 6) is 0.715. The molecule has 0 unspecified atom stereocenters. The lowest BCUT2D eigenvalue weighted by Crippen LogP contribution is -2.29. The van der Waals surface area contributed by atoms with E-state index in [0.29, 0.717) is 12.4 Å². The molecule has 1 saturated heterocycles. The van der Waals surface area contributed by atoms with Crippen LogP contribution in [0.5, 0.6) is 0 Å². The molecular weight excluding hydrogens is 244 g/mol. The number of carboxylic acid groups (broad SMARTS) is 1. The van der Waals surface area contributed by atoms with E-state index in [0.717, 1.165) is 24.1 Å². The van der Waals surface area contributed by atoms with E-state index in [1.54, 1.807) is 18.6 Å². The number of carbonyl (C=O) groups is 1. The third kappa shape index (κ3) is 2.16. The lowest BCUT2D eigenvalue weighted by atomic mass is 10.2. The van der Waals surface area contributed by atoms with E-state index in [2.05, 4.69) is 15.0 Å². The maximum Gasteiger partial charge on any atom is 0.407 e. The molecular formula is C13H14N4O2. The molecule has 0 saturated carbocycles. The van der Waals surface area contributed by atoms with Crippen LogP contribution in [0.25, 0.3) is 11.3 Å². The summed E-state index contributed by atoms with van der Waals surface area (Å²) < 4.78 is 0. The maximum atomic E-state index is 11.1. The fourth-order valence-corrected chi connectivity index (χ4v) is 2.46. The quantitative estimate of drug-likeness (QED) is 0.865. The summed E-state index contributed by atoms with van der Waals surface area (Å²) in [6, 6.07) is 3.62. The van der Waals surface area contributed by atoms with Crippen molar-refractivity contribution < 1.29 is 9.90 Å². The van der Waals surface area contributed by atoms with Crippen molar-refractivity contribution in [2.45, 2.75) is 18.9 Å². The van der Waals surface area contributed by atoms with Crippen molar-refractivity contribution in [3.05, 3.63) is 36.5 Å². The molecule has 3 heterocycles. The van der Waals surface area contributed by atoms with Crippen LogP contribution in [-0.4, -0.2) is 37.6 Å². The predicted molar refractivity (Wildman–Crippen MR) is 68.5 cm³/mol. The SMILES string of the molecule is O=C(O)N1CCC[C@H]1c1ncc(-c2ccncc2)[nH]1. The molecule has 0 spiro atoms. The van der Waals surface area contributed by atoms with Crippen LogP contribution in [0.4, 0.5) is 4.79 Å². The third-order valence-electron chi connectivity index (χ3n) is 3.40. The van der Waals surface area contributed by atoms with Crippen LogP contribution in [0.3, 0.4) is 0 Å². The smallest absolute Gasteiger partial charge is 0.407 e. The average molecular weight is 258 g/mol. The highest BCUT2D eigenvalue weighted by atomic mass is 16.4. The van der Waals surface area contributed by atoms with Gasteiger partial charge in [0.2, 0.25) is 0 Å². The van der Waals surface area contributed by atoms with Gasteiger partial charge in [-0.05, 0) is 25.0 Å². The Hall–Kier alpha value is -2.37. The molecule has 2 aromatic heterocycles. The molecule has 6 nitrogen and oxygen atoms in total. The zero-order valence-electron chi connectivity index (χ0n) is 10.3. The molecule has 1 aliphatic heterocycles. The lowest BCUT2D eigenvalue weighted by Gasteiger charge is -2.19. The highest BCUT2D eigenvalue weighted by molar-refractivity contribution is 5.66. The summed E-state index contributed by atoms with van der Waals surface area (Å²) in [5.41, 5.74) is 1.88. The first-order chi connectivity index (χ1) is 9.25. The molecule has 1 atom stereocenters. The summed E-state index contributed by atoms with van der Waals surface area (Å²) in [7, 11) is 0. The molecule has 0 bridgehead atoms. The van der Waals surface area contributed by atoms with Crippen LogP contribution in [0, 0.1) is 0 Å². The highest BCUT2D eigenvalue weighted by Crippen LogP contribution is 2.31. The van der Waals surface area contributed by atoms with Gasteiger partial charge in [0.15, 0.2) is 0 Å². The van der Waals surface area contributed by atoms with Gasteiger partial charge >= 0.3 is 6.09 Å². The van der Waals surface area contributed by atoms with Gasteiger partial charge in [-0.1, -0.05) is 0 Å². The molecule has 2 aromatic rings. The van der Waals surface area contributed by atoms with Gasteiger partial charge in [-0.3, -0.25) is 9.88 Å². The zero-order valence-corrected chi connectivity index (χ0v) is 10.3. The monoisotopic (exact) mass is 258 g/mol. The number of amides is 1. The second-order valence-corrected chi connectivity index (χ2v) is 4.55. The Bertz CT molecular complexity index is 581. The Labute approximate surface area is 110 Å². The Morgan fingerprint density at radius 3 is 2.95 bits per heavy atom. The van der Waals surface area contributed by atoms with Crippen molar-refractivity contribution in [3.63, 3.8) is 0 Å². The van der Waals surface area contributed by atoms with Gasteiger partial charge in [0.05, 0.1) is 17.9 Å². The first-order valence-corrected chi connectivity index (χ1v) is 6.20. The van der Waals surface area contributed by atoms with Crippen molar-refractivity contribution >= 4 is 6.09 Å². The Morgan fingerprint density at radius 1 is 1.42 bits per heavy atom. The first-order valence-electron chi connectivity index (χ1n) is 6.20. The second-order valence-electron chi connectivity index (χ2n) is 4.55. The van der Waals surface area contributed by atoms with Crippen LogP contribution in [-0.2, 0) is 0 Å². The minimum atomic E-state index is -0.885. The Morgan fingerprint density at radius 2 is 2.21 bits per heavy atom. The minimum Gasteiger partial charge on any atom is -0.465 e.